The number of Topliss-reactive ketones (excluding diaryl/α,β-unsaturated/α-hetero) is 1. The number of imide groups is 1. The SMILES string of the molecule is CCC(Oc1ccc(C(C)(C)CC)cc1C(C)(C)CC)C(=O)Nc1ccc(Cl)c(NC(=O)C(C(=O)c2ccc(OC)cc2)N2C(=O)NC(=O)C2(C)C)c1. The van der Waals surface area contributed by atoms with Gasteiger partial charge < -0.3 is 20.1 Å². The number of nitrogens with one attached hydrogen (secondary N) is 3. The number of ketones is 1. The predicted octanol–water partition coefficient (Wildman–Crippen LogP) is 8.04. The van der Waals surface area contributed by atoms with Gasteiger partial charge in [0, 0.05) is 16.8 Å². The maximum absolute atomic E-state index is 14.0. The van der Waals surface area contributed by atoms with Gasteiger partial charge in [0.1, 0.15) is 17.0 Å². The molecule has 53 heavy (non-hydrogen) atoms. The van der Waals surface area contributed by atoms with E-state index >= 15 is 0 Å². The predicted molar refractivity (Wildman–Crippen MR) is 207 cm³/mol. The summed E-state index contributed by atoms with van der Waals surface area (Å²) < 4.78 is 11.6. The Labute approximate surface area is 317 Å². The number of amides is 5. The van der Waals surface area contributed by atoms with Crippen LogP contribution >= 0.6 is 11.6 Å². The summed E-state index contributed by atoms with van der Waals surface area (Å²) in [6.45, 7) is 17.8. The second-order valence-electron chi connectivity index (χ2n) is 15.1. The van der Waals surface area contributed by atoms with Crippen LogP contribution in [0.25, 0.3) is 0 Å². The Kier molecular flexibility index (Phi) is 12.3. The van der Waals surface area contributed by atoms with Crippen LogP contribution in [-0.4, -0.2) is 59.2 Å². The van der Waals surface area contributed by atoms with Gasteiger partial charge in [-0.05, 0) is 98.0 Å². The zero-order valence-corrected chi connectivity index (χ0v) is 33.0. The van der Waals surface area contributed by atoms with Gasteiger partial charge in [0.25, 0.3) is 17.7 Å². The summed E-state index contributed by atoms with van der Waals surface area (Å²) in [4.78, 5) is 68.2. The first kappa shape index (κ1) is 40.9. The third-order valence-corrected chi connectivity index (χ3v) is 10.7. The van der Waals surface area contributed by atoms with E-state index in [2.05, 4.69) is 69.6 Å². The quantitative estimate of drug-likeness (QED) is 0.0812. The molecule has 0 radical (unpaired) electrons. The van der Waals surface area contributed by atoms with E-state index in [4.69, 9.17) is 21.1 Å². The van der Waals surface area contributed by atoms with Crippen LogP contribution in [0, 0.1) is 0 Å². The fourth-order valence-electron chi connectivity index (χ4n) is 5.96. The number of carbonyl (C=O) groups excluding carboxylic acids is 5. The first-order chi connectivity index (χ1) is 24.8. The molecule has 0 spiro atoms. The van der Waals surface area contributed by atoms with E-state index in [9.17, 15) is 24.0 Å². The number of benzene rings is 3. The Morgan fingerprint density at radius 2 is 1.51 bits per heavy atom. The number of nitrogens with zero attached hydrogens (tertiary/aromatic N) is 1. The molecule has 1 aliphatic heterocycles. The van der Waals surface area contributed by atoms with E-state index in [0.717, 1.165) is 23.3 Å². The lowest BCUT2D eigenvalue weighted by Gasteiger charge is -2.33. The van der Waals surface area contributed by atoms with Crippen molar-refractivity contribution in [2.75, 3.05) is 17.7 Å². The molecular weight excluding hydrogens is 696 g/mol. The minimum absolute atomic E-state index is 0.0299. The standard InChI is InChI=1S/C41H51ClN4O7/c1-11-31(53-32-21-16-25(39(4,5)12-2)22-28(32)40(6,7)13-3)35(48)43-26-17-20-29(42)30(23-26)44-36(49)33(46-38(51)45-37(50)41(46,8)9)34(47)24-14-18-27(52-10)19-15-24/h14-23,31,33H,11-13H2,1-10H3,(H,43,48)(H,44,49)(H,45,50,51). The fourth-order valence-corrected chi connectivity index (χ4v) is 6.12. The molecular formula is C41H51ClN4O7. The number of halogens is 1. The van der Waals surface area contributed by atoms with Crippen LogP contribution in [-0.2, 0) is 25.2 Å². The first-order valence-electron chi connectivity index (χ1n) is 17.9. The van der Waals surface area contributed by atoms with Gasteiger partial charge in [-0.15, -0.1) is 0 Å². The molecule has 1 heterocycles. The molecule has 0 bridgehead atoms. The Hall–Kier alpha value is -4.90. The molecule has 2 unspecified atom stereocenters. The van der Waals surface area contributed by atoms with Gasteiger partial charge in [0.2, 0.25) is 0 Å². The topological polar surface area (TPSA) is 143 Å². The van der Waals surface area contributed by atoms with Gasteiger partial charge in [-0.25, -0.2) is 4.79 Å². The molecule has 12 heteroatoms. The van der Waals surface area contributed by atoms with Crippen molar-refractivity contribution < 1.29 is 33.4 Å². The highest BCUT2D eigenvalue weighted by atomic mass is 35.5. The van der Waals surface area contributed by atoms with Crippen molar-refractivity contribution in [3.63, 3.8) is 0 Å². The molecule has 1 aliphatic rings. The van der Waals surface area contributed by atoms with Gasteiger partial charge >= 0.3 is 6.03 Å². The van der Waals surface area contributed by atoms with Crippen LogP contribution in [0.1, 0.15) is 103 Å². The number of rotatable bonds is 15. The monoisotopic (exact) mass is 746 g/mol. The Morgan fingerprint density at radius 3 is 2.06 bits per heavy atom. The Balaban J connectivity index is 1.61. The van der Waals surface area contributed by atoms with E-state index in [1.165, 1.54) is 50.8 Å². The molecule has 2 atom stereocenters. The van der Waals surface area contributed by atoms with Gasteiger partial charge in [0.05, 0.1) is 17.8 Å². The summed E-state index contributed by atoms with van der Waals surface area (Å²) in [5, 5.41) is 7.82. The van der Waals surface area contributed by atoms with Gasteiger partial charge in [-0.1, -0.05) is 72.2 Å². The molecule has 0 saturated carbocycles. The van der Waals surface area contributed by atoms with E-state index in [1.807, 2.05) is 13.0 Å². The average Bonchev–Trinajstić information content (AvgIpc) is 3.33. The summed E-state index contributed by atoms with van der Waals surface area (Å²) in [6, 6.07) is 14.1. The second-order valence-corrected chi connectivity index (χ2v) is 15.5. The highest BCUT2D eigenvalue weighted by Crippen LogP contribution is 2.39. The molecule has 5 amide bonds. The third-order valence-electron chi connectivity index (χ3n) is 10.4. The molecule has 3 N–H and O–H groups in total. The molecule has 3 aromatic carbocycles. The second kappa shape index (κ2) is 16.0. The molecule has 1 saturated heterocycles. The molecule has 0 aromatic heterocycles. The largest absolute Gasteiger partial charge is 0.497 e. The van der Waals surface area contributed by atoms with Crippen LogP contribution in [0.15, 0.2) is 60.7 Å². The summed E-state index contributed by atoms with van der Waals surface area (Å²) in [5.41, 5.74) is 0.938. The van der Waals surface area contributed by atoms with E-state index in [0.29, 0.717) is 23.6 Å². The molecule has 4 rings (SSSR count). The molecule has 0 aliphatic carbocycles. The Bertz CT molecular complexity index is 1890. The summed E-state index contributed by atoms with van der Waals surface area (Å²) in [6.07, 6.45) is 1.36. The fraction of sp³-hybridized carbons (Fsp3) is 0.439. The smallest absolute Gasteiger partial charge is 0.326 e. The van der Waals surface area contributed by atoms with E-state index < -0.39 is 47.2 Å². The van der Waals surface area contributed by atoms with Gasteiger partial charge in [0.15, 0.2) is 17.9 Å². The van der Waals surface area contributed by atoms with Crippen molar-refractivity contribution in [3.05, 3.63) is 82.4 Å². The van der Waals surface area contributed by atoms with Crippen molar-refractivity contribution in [2.24, 2.45) is 0 Å². The Morgan fingerprint density at radius 1 is 0.868 bits per heavy atom. The van der Waals surface area contributed by atoms with Crippen molar-refractivity contribution >= 4 is 52.5 Å². The number of anilines is 2. The molecule has 3 aromatic rings. The van der Waals surface area contributed by atoms with Crippen molar-refractivity contribution in [2.45, 2.75) is 110 Å². The number of carbonyl (C=O) groups is 5. The minimum Gasteiger partial charge on any atom is -0.497 e. The van der Waals surface area contributed by atoms with Crippen LogP contribution in [0.2, 0.25) is 5.02 Å². The first-order valence-corrected chi connectivity index (χ1v) is 18.2. The maximum Gasteiger partial charge on any atom is 0.326 e. The van der Waals surface area contributed by atoms with Crippen LogP contribution in [0.5, 0.6) is 11.5 Å². The van der Waals surface area contributed by atoms with Crippen molar-refractivity contribution in [1.82, 2.24) is 10.2 Å². The maximum atomic E-state index is 14.0. The van der Waals surface area contributed by atoms with Crippen LogP contribution in [0.4, 0.5) is 16.2 Å². The number of hydrogen-bond donors (Lipinski definition) is 3. The van der Waals surface area contributed by atoms with E-state index in [1.54, 1.807) is 18.2 Å². The number of ether oxygens (including phenoxy) is 2. The molecule has 1 fully saturated rings. The minimum atomic E-state index is -1.76. The zero-order chi connectivity index (χ0) is 39.5. The van der Waals surface area contributed by atoms with Crippen molar-refractivity contribution in [1.29, 1.82) is 0 Å². The lowest BCUT2D eigenvalue weighted by atomic mass is 9.76. The van der Waals surface area contributed by atoms with Crippen LogP contribution < -0.4 is 25.4 Å². The lowest BCUT2D eigenvalue weighted by molar-refractivity contribution is -0.127. The van der Waals surface area contributed by atoms with Gasteiger partial charge in [-0.2, -0.15) is 0 Å². The molecule has 11 nitrogen and oxygen atoms in total. The van der Waals surface area contributed by atoms with E-state index in [-0.39, 0.29) is 27.1 Å². The zero-order valence-electron chi connectivity index (χ0n) is 32.2. The molecule has 284 valence electrons. The average molecular weight is 747 g/mol. The summed E-state index contributed by atoms with van der Waals surface area (Å²) >= 11 is 6.51. The number of methoxy groups -OCH3 is 1. The van der Waals surface area contributed by atoms with Gasteiger partial charge in [-0.3, -0.25) is 29.4 Å². The summed E-state index contributed by atoms with van der Waals surface area (Å²) in [5.74, 6) is -1.60. The highest BCUT2D eigenvalue weighted by Gasteiger charge is 2.53. The highest BCUT2D eigenvalue weighted by molar-refractivity contribution is 6.34. The summed E-state index contributed by atoms with van der Waals surface area (Å²) in [7, 11) is 1.47. The number of hydrogen-bond acceptors (Lipinski definition) is 7. The third kappa shape index (κ3) is 8.67. The normalized spacial score (nSPS) is 15.3. The number of urea groups is 1. The van der Waals surface area contributed by atoms with Crippen LogP contribution in [0.3, 0.4) is 0 Å². The van der Waals surface area contributed by atoms with Crippen molar-refractivity contribution in [3.8, 4) is 11.5 Å². The lowest BCUT2D eigenvalue weighted by Crippen LogP contribution is -2.57.